The molecule has 0 unspecified atom stereocenters. The molecule has 4 aromatic rings. The third-order valence-corrected chi connectivity index (χ3v) is 5.91. The third-order valence-electron chi connectivity index (χ3n) is 5.91. The molecule has 0 aliphatic carbocycles. The number of para-hydroxylation sites is 1. The fraction of sp³-hybridized carbons (Fsp3) is 0.318. The Labute approximate surface area is 186 Å². The van der Waals surface area contributed by atoms with Gasteiger partial charge in [0.15, 0.2) is 11.5 Å². The maximum Gasteiger partial charge on any atom is 0.408 e. The third kappa shape index (κ3) is 3.77. The molecule has 4 heterocycles. The van der Waals surface area contributed by atoms with Gasteiger partial charge in [-0.3, -0.25) is 9.30 Å². The average molecular weight is 458 g/mol. The zero-order valence-corrected chi connectivity index (χ0v) is 17.6. The topological polar surface area (TPSA) is 102 Å². The molecule has 11 heteroatoms. The molecule has 0 amide bonds. The summed E-state index contributed by atoms with van der Waals surface area (Å²) in [5, 5.41) is 19.0. The minimum absolute atomic E-state index is 0.00396. The van der Waals surface area contributed by atoms with Gasteiger partial charge >= 0.3 is 6.18 Å². The lowest BCUT2D eigenvalue weighted by Crippen LogP contribution is -2.38. The van der Waals surface area contributed by atoms with E-state index in [9.17, 15) is 18.3 Å². The molecule has 0 radical (unpaired) electrons. The number of likely N-dealkylation sites (tertiary alicyclic amines) is 1. The average Bonchev–Trinajstić information content (AvgIpc) is 3.34. The zero-order valence-electron chi connectivity index (χ0n) is 17.6. The number of hydrogen-bond donors (Lipinski definition) is 2. The van der Waals surface area contributed by atoms with Crippen LogP contribution in [0.4, 0.5) is 13.2 Å². The van der Waals surface area contributed by atoms with Gasteiger partial charge in [0.1, 0.15) is 23.0 Å². The summed E-state index contributed by atoms with van der Waals surface area (Å²) in [6.45, 7) is -0.227. The Morgan fingerprint density at radius 2 is 1.94 bits per heavy atom. The molecular formula is C22H21F3N6O2. The minimum atomic E-state index is -4.57. The number of ether oxygens (including phenoxy) is 1. The molecule has 172 valence electrons. The second-order valence-corrected chi connectivity index (χ2v) is 8.07. The maximum atomic E-state index is 14.1. The number of aliphatic hydroxyl groups excluding tert-OH is 1. The lowest BCUT2D eigenvalue weighted by Gasteiger charge is -2.29. The van der Waals surface area contributed by atoms with Gasteiger partial charge in [-0.2, -0.15) is 13.2 Å². The van der Waals surface area contributed by atoms with Crippen LogP contribution >= 0.6 is 0 Å². The highest BCUT2D eigenvalue weighted by atomic mass is 19.4. The van der Waals surface area contributed by atoms with Gasteiger partial charge in [-0.1, -0.05) is 24.3 Å². The Hall–Kier alpha value is -3.28. The van der Waals surface area contributed by atoms with Crippen LogP contribution in [0.25, 0.3) is 28.1 Å². The summed E-state index contributed by atoms with van der Waals surface area (Å²) < 4.78 is 49.1. The van der Waals surface area contributed by atoms with Crippen molar-refractivity contribution >= 4 is 16.6 Å². The molecule has 1 saturated heterocycles. The molecule has 1 fully saturated rings. The summed E-state index contributed by atoms with van der Waals surface area (Å²) in [5.41, 5.74) is 7.20. The first-order valence-electron chi connectivity index (χ1n) is 10.3. The highest BCUT2D eigenvalue weighted by Crippen LogP contribution is 2.39. The van der Waals surface area contributed by atoms with E-state index in [0.29, 0.717) is 28.4 Å². The van der Waals surface area contributed by atoms with Crippen molar-refractivity contribution in [3.05, 3.63) is 54.2 Å². The van der Waals surface area contributed by atoms with Crippen molar-refractivity contribution < 1.29 is 23.0 Å². The molecule has 5 rings (SSSR count). The van der Waals surface area contributed by atoms with Crippen LogP contribution < -0.4 is 10.5 Å². The highest BCUT2D eigenvalue weighted by molar-refractivity contribution is 5.86. The molecule has 1 aromatic carbocycles. The van der Waals surface area contributed by atoms with Crippen LogP contribution in [0.3, 0.4) is 0 Å². The van der Waals surface area contributed by atoms with Gasteiger partial charge in [0.05, 0.1) is 13.2 Å². The van der Waals surface area contributed by atoms with Gasteiger partial charge in [0.2, 0.25) is 0 Å². The molecule has 3 N–H and O–H groups in total. The quantitative estimate of drug-likeness (QED) is 0.485. The number of hydrogen-bond acceptors (Lipinski definition) is 7. The smallest absolute Gasteiger partial charge is 0.408 e. The zero-order chi connectivity index (χ0) is 23.3. The van der Waals surface area contributed by atoms with Gasteiger partial charge in [0, 0.05) is 30.7 Å². The van der Waals surface area contributed by atoms with Crippen molar-refractivity contribution in [3.8, 4) is 17.3 Å². The number of β-amino-alcohol motifs (C(OH)–C–C–N with tert-alkyl or cyclic N) is 1. The number of pyridine rings is 2. The second kappa shape index (κ2) is 7.94. The molecule has 0 spiro atoms. The number of nitrogens with zero attached hydrogens (tertiary/aromatic N) is 5. The predicted octanol–water partition coefficient (Wildman–Crippen LogP) is 2.56. The van der Waals surface area contributed by atoms with E-state index in [1.807, 2.05) is 18.2 Å². The van der Waals surface area contributed by atoms with E-state index in [4.69, 9.17) is 10.5 Å². The van der Waals surface area contributed by atoms with E-state index in [1.54, 1.807) is 19.2 Å². The first kappa shape index (κ1) is 21.6. The largest absolute Gasteiger partial charge is 0.494 e. The lowest BCUT2D eigenvalue weighted by molar-refractivity contribution is -0.184. The SMILES string of the molecule is COc1cccc2ccc(-c3nnc4ccc([C@@H](N5C[C@@H](N)[C@@H](O)C5)C(F)(F)F)cn34)nc12. The Morgan fingerprint density at radius 3 is 2.64 bits per heavy atom. The van der Waals surface area contributed by atoms with Crippen molar-refractivity contribution in [3.63, 3.8) is 0 Å². The summed E-state index contributed by atoms with van der Waals surface area (Å²) in [5.74, 6) is 0.878. The predicted molar refractivity (Wildman–Crippen MR) is 115 cm³/mol. The first-order valence-corrected chi connectivity index (χ1v) is 10.3. The van der Waals surface area contributed by atoms with Gasteiger partial charge in [-0.25, -0.2) is 4.98 Å². The van der Waals surface area contributed by atoms with E-state index in [-0.39, 0.29) is 18.7 Å². The van der Waals surface area contributed by atoms with Crippen molar-refractivity contribution in [2.24, 2.45) is 5.73 Å². The molecule has 8 nitrogen and oxygen atoms in total. The molecule has 3 aromatic heterocycles. The van der Waals surface area contributed by atoms with E-state index in [2.05, 4.69) is 15.2 Å². The number of alkyl halides is 3. The van der Waals surface area contributed by atoms with Crippen LogP contribution in [-0.2, 0) is 0 Å². The molecule has 3 atom stereocenters. The van der Waals surface area contributed by atoms with Gasteiger partial charge in [-0.05, 0) is 23.8 Å². The summed E-state index contributed by atoms with van der Waals surface area (Å²) in [7, 11) is 1.54. The van der Waals surface area contributed by atoms with Gasteiger partial charge in [0.25, 0.3) is 0 Å². The van der Waals surface area contributed by atoms with Gasteiger partial charge in [-0.15, -0.1) is 10.2 Å². The van der Waals surface area contributed by atoms with E-state index < -0.39 is 24.4 Å². The Balaban J connectivity index is 1.61. The van der Waals surface area contributed by atoms with Crippen LogP contribution in [0.15, 0.2) is 48.7 Å². The standard InChI is InChI=1S/C22H21F3N6O2/c1-33-17-4-2-3-12-5-7-15(27-19(12)17)21-29-28-18-8-6-13(9-31(18)21)20(22(23,24)25)30-10-14(26)16(32)11-30/h2-9,14,16,20,32H,10-11,26H2,1H3/t14-,16+,20-/m1/s1. The van der Waals surface area contributed by atoms with E-state index in [0.717, 1.165) is 10.3 Å². The molecule has 0 saturated carbocycles. The number of aromatic nitrogens is 4. The molecule has 0 bridgehead atoms. The van der Waals surface area contributed by atoms with Gasteiger partial charge < -0.3 is 15.6 Å². The molecule has 1 aliphatic heterocycles. The number of nitrogens with two attached hydrogens (primary N) is 1. The maximum absolute atomic E-state index is 14.1. The van der Waals surface area contributed by atoms with Crippen molar-refractivity contribution in [2.75, 3.05) is 20.2 Å². The normalized spacial score (nSPS) is 20.5. The Morgan fingerprint density at radius 1 is 1.12 bits per heavy atom. The van der Waals surface area contributed by atoms with Crippen LogP contribution in [0.2, 0.25) is 0 Å². The number of methoxy groups -OCH3 is 1. The van der Waals surface area contributed by atoms with Crippen LogP contribution in [0.1, 0.15) is 11.6 Å². The summed E-state index contributed by atoms with van der Waals surface area (Å²) >= 11 is 0. The summed E-state index contributed by atoms with van der Waals surface area (Å²) in [6, 6.07) is 9.29. The first-order chi connectivity index (χ1) is 15.8. The van der Waals surface area contributed by atoms with Crippen molar-refractivity contribution in [1.29, 1.82) is 0 Å². The number of benzene rings is 1. The van der Waals surface area contributed by atoms with Crippen LogP contribution in [0.5, 0.6) is 5.75 Å². The number of halogens is 3. The Kier molecular flexibility index (Phi) is 5.19. The monoisotopic (exact) mass is 458 g/mol. The van der Waals surface area contributed by atoms with E-state index in [1.165, 1.54) is 22.7 Å². The summed E-state index contributed by atoms with van der Waals surface area (Å²) in [4.78, 5) is 5.78. The Bertz CT molecular complexity index is 1310. The highest BCUT2D eigenvalue weighted by Gasteiger charge is 2.48. The number of aliphatic hydroxyl groups is 1. The minimum Gasteiger partial charge on any atom is -0.494 e. The van der Waals surface area contributed by atoms with Crippen LogP contribution in [0, 0.1) is 0 Å². The fourth-order valence-electron chi connectivity index (χ4n) is 4.31. The summed E-state index contributed by atoms with van der Waals surface area (Å²) in [6.07, 6.45) is -4.21. The van der Waals surface area contributed by atoms with Crippen molar-refractivity contribution in [2.45, 2.75) is 24.4 Å². The van der Waals surface area contributed by atoms with E-state index >= 15 is 0 Å². The van der Waals surface area contributed by atoms with Crippen LogP contribution in [-0.4, -0.2) is 68.1 Å². The fourth-order valence-corrected chi connectivity index (χ4v) is 4.31. The molecule has 1 aliphatic rings. The molecule has 33 heavy (non-hydrogen) atoms. The lowest BCUT2D eigenvalue weighted by atomic mass is 10.1. The molecular weight excluding hydrogens is 437 g/mol. The van der Waals surface area contributed by atoms with Crippen molar-refractivity contribution in [1.82, 2.24) is 24.5 Å². The second-order valence-electron chi connectivity index (χ2n) is 8.07. The number of fused-ring (bicyclic) bond motifs is 2. The number of rotatable bonds is 4.